The summed E-state index contributed by atoms with van der Waals surface area (Å²) in [6.07, 6.45) is 1.82. The normalized spacial score (nSPS) is 15.1. The molecule has 1 fully saturated rings. The molecule has 0 spiro atoms. The molecule has 32 heavy (non-hydrogen) atoms. The molecule has 172 valence electrons. The van der Waals surface area contributed by atoms with Gasteiger partial charge in [0.15, 0.2) is 0 Å². The second kappa shape index (κ2) is 10.3. The number of sulfonamides is 2. The van der Waals surface area contributed by atoms with Crippen LogP contribution in [-0.2, 0) is 24.8 Å². The number of hydrogen-bond donors (Lipinski definition) is 2. The topological polar surface area (TPSA) is 129 Å². The van der Waals surface area contributed by atoms with Crippen molar-refractivity contribution in [3.63, 3.8) is 0 Å². The molecule has 0 unspecified atom stereocenters. The first-order valence-electron chi connectivity index (χ1n) is 10.3. The van der Waals surface area contributed by atoms with Gasteiger partial charge in [0.25, 0.3) is 10.0 Å². The summed E-state index contributed by atoms with van der Waals surface area (Å²) in [6, 6.07) is 11.8. The van der Waals surface area contributed by atoms with Crippen molar-refractivity contribution in [1.29, 1.82) is 5.26 Å². The monoisotopic (exact) mass is 478 g/mol. The molecule has 0 saturated carbocycles. The fourth-order valence-electron chi connectivity index (χ4n) is 3.17. The summed E-state index contributed by atoms with van der Waals surface area (Å²) in [7, 11) is -7.81. The SMILES string of the molecule is CCCCNc1ccc(S(=O)(=O)N2CCOCC2)cc1NS(=O)(=O)c1ccc(C#N)cc1. The number of morpholine rings is 1. The maximum absolute atomic E-state index is 13.1. The number of hydrogen-bond acceptors (Lipinski definition) is 7. The van der Waals surface area contributed by atoms with Crippen molar-refractivity contribution in [2.45, 2.75) is 29.6 Å². The van der Waals surface area contributed by atoms with E-state index < -0.39 is 20.0 Å². The van der Waals surface area contributed by atoms with Crippen LogP contribution in [0.3, 0.4) is 0 Å². The van der Waals surface area contributed by atoms with Crippen molar-refractivity contribution in [3.8, 4) is 6.07 Å². The average molecular weight is 479 g/mol. The molecular formula is C21H26N4O5S2. The van der Waals surface area contributed by atoms with Crippen molar-refractivity contribution >= 4 is 31.4 Å². The van der Waals surface area contributed by atoms with Gasteiger partial charge < -0.3 is 10.1 Å². The molecule has 1 heterocycles. The molecule has 3 rings (SSSR count). The molecule has 11 heteroatoms. The van der Waals surface area contributed by atoms with Crippen LogP contribution in [0.4, 0.5) is 11.4 Å². The number of unbranched alkanes of at least 4 members (excludes halogenated alkanes) is 1. The highest BCUT2D eigenvalue weighted by atomic mass is 32.2. The minimum absolute atomic E-state index is 0.00188. The molecule has 0 bridgehead atoms. The molecule has 0 amide bonds. The van der Waals surface area contributed by atoms with E-state index in [0.29, 0.717) is 31.0 Å². The molecule has 2 N–H and O–H groups in total. The molecular weight excluding hydrogens is 452 g/mol. The minimum atomic E-state index is -4.01. The van der Waals surface area contributed by atoms with Crippen LogP contribution in [0.25, 0.3) is 0 Å². The summed E-state index contributed by atoms with van der Waals surface area (Å²) in [5, 5.41) is 12.1. The van der Waals surface area contributed by atoms with Crippen LogP contribution in [-0.4, -0.2) is 54.0 Å². The van der Waals surface area contributed by atoms with Crippen molar-refractivity contribution in [3.05, 3.63) is 48.0 Å². The van der Waals surface area contributed by atoms with Crippen molar-refractivity contribution < 1.29 is 21.6 Å². The molecule has 0 aliphatic carbocycles. The smallest absolute Gasteiger partial charge is 0.261 e. The molecule has 9 nitrogen and oxygen atoms in total. The van der Waals surface area contributed by atoms with E-state index in [1.54, 1.807) is 6.07 Å². The van der Waals surface area contributed by atoms with Gasteiger partial charge in [-0.25, -0.2) is 16.8 Å². The zero-order valence-corrected chi connectivity index (χ0v) is 19.4. The Labute approximate surface area is 189 Å². The largest absolute Gasteiger partial charge is 0.383 e. The van der Waals surface area contributed by atoms with Crippen LogP contribution in [0.5, 0.6) is 0 Å². The van der Waals surface area contributed by atoms with Gasteiger partial charge in [0, 0.05) is 19.6 Å². The van der Waals surface area contributed by atoms with E-state index in [-0.39, 0.29) is 28.6 Å². The predicted molar refractivity (Wildman–Crippen MR) is 121 cm³/mol. The quantitative estimate of drug-likeness (QED) is 0.530. The van der Waals surface area contributed by atoms with E-state index in [9.17, 15) is 16.8 Å². The third kappa shape index (κ3) is 5.58. The number of benzene rings is 2. The van der Waals surface area contributed by atoms with Gasteiger partial charge in [-0.1, -0.05) is 13.3 Å². The van der Waals surface area contributed by atoms with Crippen LogP contribution in [0.2, 0.25) is 0 Å². The summed E-state index contributed by atoms with van der Waals surface area (Å²) in [5.41, 5.74) is 0.959. The second-order valence-electron chi connectivity index (χ2n) is 7.25. The van der Waals surface area contributed by atoms with Gasteiger partial charge in [0.1, 0.15) is 0 Å². The number of nitriles is 1. The van der Waals surface area contributed by atoms with E-state index in [4.69, 9.17) is 10.00 Å². The molecule has 0 atom stereocenters. The first-order valence-corrected chi connectivity index (χ1v) is 13.2. The van der Waals surface area contributed by atoms with E-state index >= 15 is 0 Å². The Morgan fingerprint density at radius 1 is 1.00 bits per heavy atom. The number of nitrogens with one attached hydrogen (secondary N) is 2. The Balaban J connectivity index is 1.96. The van der Waals surface area contributed by atoms with Crippen LogP contribution in [0, 0.1) is 11.3 Å². The molecule has 2 aromatic rings. The Kier molecular flexibility index (Phi) is 7.73. The van der Waals surface area contributed by atoms with Crippen molar-refractivity contribution in [2.24, 2.45) is 0 Å². The van der Waals surface area contributed by atoms with Gasteiger partial charge in [-0.05, 0) is 48.9 Å². The maximum Gasteiger partial charge on any atom is 0.261 e. The summed E-state index contributed by atoms with van der Waals surface area (Å²) in [6.45, 7) is 3.75. The van der Waals surface area contributed by atoms with Gasteiger partial charge in [-0.3, -0.25) is 4.72 Å². The van der Waals surface area contributed by atoms with E-state index in [2.05, 4.69) is 10.0 Å². The summed E-state index contributed by atoms with van der Waals surface area (Å²) in [4.78, 5) is -0.0320. The van der Waals surface area contributed by atoms with Gasteiger partial charge >= 0.3 is 0 Å². The Bertz CT molecular complexity index is 1180. The van der Waals surface area contributed by atoms with Gasteiger partial charge in [-0.2, -0.15) is 9.57 Å². The molecule has 1 aliphatic rings. The van der Waals surface area contributed by atoms with Gasteiger partial charge in [0.2, 0.25) is 10.0 Å². The highest BCUT2D eigenvalue weighted by molar-refractivity contribution is 7.92. The van der Waals surface area contributed by atoms with Crippen molar-refractivity contribution in [1.82, 2.24) is 4.31 Å². The average Bonchev–Trinajstić information content (AvgIpc) is 2.80. The molecule has 0 radical (unpaired) electrons. The minimum Gasteiger partial charge on any atom is -0.383 e. The zero-order valence-electron chi connectivity index (χ0n) is 17.7. The first kappa shape index (κ1) is 24.0. The Morgan fingerprint density at radius 2 is 1.66 bits per heavy atom. The lowest BCUT2D eigenvalue weighted by Gasteiger charge is -2.26. The van der Waals surface area contributed by atoms with Crippen LogP contribution in [0.1, 0.15) is 25.3 Å². The lowest BCUT2D eigenvalue weighted by molar-refractivity contribution is 0.0730. The number of ether oxygens (including phenoxy) is 1. The first-order chi connectivity index (χ1) is 15.3. The lowest BCUT2D eigenvalue weighted by atomic mass is 10.2. The lowest BCUT2D eigenvalue weighted by Crippen LogP contribution is -2.40. The summed E-state index contributed by atoms with van der Waals surface area (Å²) >= 11 is 0. The predicted octanol–water partition coefficient (Wildman–Crippen LogP) is 2.59. The Morgan fingerprint density at radius 3 is 2.28 bits per heavy atom. The van der Waals surface area contributed by atoms with E-state index in [0.717, 1.165) is 12.8 Å². The van der Waals surface area contributed by atoms with E-state index in [1.807, 2.05) is 13.0 Å². The summed E-state index contributed by atoms with van der Waals surface area (Å²) < 4.78 is 61.1. The van der Waals surface area contributed by atoms with Crippen LogP contribution < -0.4 is 10.0 Å². The summed E-state index contributed by atoms with van der Waals surface area (Å²) in [5.74, 6) is 0. The highest BCUT2D eigenvalue weighted by Gasteiger charge is 2.27. The fraction of sp³-hybridized carbons (Fsp3) is 0.381. The van der Waals surface area contributed by atoms with Crippen LogP contribution >= 0.6 is 0 Å². The molecule has 0 aromatic heterocycles. The second-order valence-corrected chi connectivity index (χ2v) is 10.9. The highest BCUT2D eigenvalue weighted by Crippen LogP contribution is 2.30. The zero-order chi connectivity index (χ0) is 23.2. The third-order valence-corrected chi connectivity index (χ3v) is 8.26. The standard InChI is InChI=1S/C21H26N4O5S2/c1-2-3-10-23-20-9-8-19(32(28,29)25-11-13-30-14-12-25)15-21(20)24-31(26,27)18-6-4-17(16-22)5-7-18/h4-9,15,23-24H,2-3,10-14H2,1H3. The van der Waals surface area contributed by atoms with Gasteiger partial charge in [0.05, 0.1) is 46.0 Å². The molecule has 1 saturated heterocycles. The maximum atomic E-state index is 13.1. The molecule has 1 aliphatic heterocycles. The third-order valence-electron chi connectivity index (χ3n) is 4.98. The molecule has 2 aromatic carbocycles. The van der Waals surface area contributed by atoms with Gasteiger partial charge in [-0.15, -0.1) is 0 Å². The Hall–Kier alpha value is -2.65. The number of nitrogens with zero attached hydrogens (tertiary/aromatic N) is 2. The van der Waals surface area contributed by atoms with Crippen molar-refractivity contribution in [2.75, 3.05) is 42.9 Å². The van der Waals surface area contributed by atoms with E-state index in [1.165, 1.54) is 40.7 Å². The number of rotatable bonds is 9. The number of anilines is 2. The fourth-order valence-corrected chi connectivity index (χ4v) is 5.68. The van der Waals surface area contributed by atoms with Crippen LogP contribution in [0.15, 0.2) is 52.3 Å².